The molecular formula is C31H42N4. The molecule has 1 aliphatic heterocycles. The van der Waals surface area contributed by atoms with Crippen LogP contribution < -0.4 is 15.5 Å². The summed E-state index contributed by atoms with van der Waals surface area (Å²) in [5.74, 6) is 0.779. The quantitative estimate of drug-likeness (QED) is 0.353. The van der Waals surface area contributed by atoms with E-state index in [-0.39, 0.29) is 0 Å². The zero-order valence-corrected chi connectivity index (χ0v) is 21.9. The van der Waals surface area contributed by atoms with Crippen molar-refractivity contribution in [3.63, 3.8) is 0 Å². The fourth-order valence-corrected chi connectivity index (χ4v) is 5.07. The highest BCUT2D eigenvalue weighted by molar-refractivity contribution is 5.95. The van der Waals surface area contributed by atoms with Crippen LogP contribution in [0.1, 0.15) is 61.6 Å². The highest BCUT2D eigenvalue weighted by Gasteiger charge is 2.27. The van der Waals surface area contributed by atoms with E-state index in [1.165, 1.54) is 65.4 Å². The van der Waals surface area contributed by atoms with E-state index in [4.69, 9.17) is 4.98 Å². The van der Waals surface area contributed by atoms with Gasteiger partial charge in [0.1, 0.15) is 0 Å². The van der Waals surface area contributed by atoms with Crippen LogP contribution in [0.25, 0.3) is 22.2 Å². The number of hydrogen-bond acceptors (Lipinski definition) is 4. The highest BCUT2D eigenvalue weighted by Crippen LogP contribution is 2.44. The molecule has 0 unspecified atom stereocenters. The lowest BCUT2D eigenvalue weighted by atomic mass is 9.96. The van der Waals surface area contributed by atoms with Crippen molar-refractivity contribution in [3.8, 4) is 11.3 Å². The van der Waals surface area contributed by atoms with Gasteiger partial charge in [0.25, 0.3) is 0 Å². The largest absolute Gasteiger partial charge is 0.394 e. The molecule has 3 aromatic rings. The molecule has 2 N–H and O–H groups in total. The molecule has 4 nitrogen and oxygen atoms in total. The Balaban J connectivity index is 0.000000672. The van der Waals surface area contributed by atoms with E-state index in [0.717, 1.165) is 44.1 Å². The molecule has 1 aliphatic carbocycles. The van der Waals surface area contributed by atoms with E-state index in [1.807, 2.05) is 14.1 Å². The normalized spacial score (nSPS) is 15.1. The summed E-state index contributed by atoms with van der Waals surface area (Å²) in [4.78, 5) is 7.76. The summed E-state index contributed by atoms with van der Waals surface area (Å²) in [6.45, 7) is 9.04. The summed E-state index contributed by atoms with van der Waals surface area (Å²) in [5.41, 5.74) is 9.37. The molecular weight excluding hydrogens is 428 g/mol. The molecule has 0 bridgehead atoms. The molecule has 2 heterocycles. The van der Waals surface area contributed by atoms with E-state index in [9.17, 15) is 0 Å². The highest BCUT2D eigenvalue weighted by atomic mass is 15.1. The minimum absolute atomic E-state index is 0.779. The molecule has 2 aliphatic rings. The van der Waals surface area contributed by atoms with Crippen LogP contribution in [0.15, 0.2) is 55.2 Å². The third-order valence-corrected chi connectivity index (χ3v) is 7.24. The van der Waals surface area contributed by atoms with E-state index >= 15 is 0 Å². The van der Waals surface area contributed by atoms with Gasteiger partial charge in [0.2, 0.25) is 0 Å². The molecule has 186 valence electrons. The third kappa shape index (κ3) is 6.24. The fraction of sp³-hybridized carbons (Fsp3) is 0.452. The Bertz CT molecular complexity index is 1110. The summed E-state index contributed by atoms with van der Waals surface area (Å²) in [6.07, 6.45) is 10.3. The van der Waals surface area contributed by atoms with Crippen molar-refractivity contribution in [2.24, 2.45) is 0 Å². The van der Waals surface area contributed by atoms with Crippen molar-refractivity contribution in [3.05, 3.63) is 71.9 Å². The topological polar surface area (TPSA) is 40.2 Å². The molecule has 0 spiro atoms. The molecule has 4 heteroatoms. The van der Waals surface area contributed by atoms with Crippen molar-refractivity contribution in [2.45, 2.75) is 57.8 Å². The van der Waals surface area contributed by atoms with Crippen LogP contribution in [0, 0.1) is 0 Å². The van der Waals surface area contributed by atoms with Crippen LogP contribution in [0.5, 0.6) is 0 Å². The second-order valence-electron chi connectivity index (χ2n) is 9.81. The van der Waals surface area contributed by atoms with Gasteiger partial charge in [-0.2, -0.15) is 0 Å². The average molecular weight is 471 g/mol. The summed E-state index contributed by atoms with van der Waals surface area (Å²) >= 11 is 0. The van der Waals surface area contributed by atoms with E-state index in [2.05, 4.69) is 71.5 Å². The maximum absolute atomic E-state index is 5.18. The molecule has 0 amide bonds. The van der Waals surface area contributed by atoms with Gasteiger partial charge in [-0.3, -0.25) is 0 Å². The number of nitrogens with zero attached hydrogens (tertiary/aromatic N) is 2. The number of aromatic nitrogens is 1. The molecule has 2 aromatic carbocycles. The lowest BCUT2D eigenvalue weighted by Crippen LogP contribution is -2.18. The van der Waals surface area contributed by atoms with Crippen LogP contribution in [0.2, 0.25) is 0 Å². The van der Waals surface area contributed by atoms with E-state index in [0.29, 0.717) is 0 Å². The van der Waals surface area contributed by atoms with Crippen LogP contribution in [0.4, 0.5) is 5.69 Å². The summed E-state index contributed by atoms with van der Waals surface area (Å²) in [6, 6.07) is 16.3. The first-order valence-electron chi connectivity index (χ1n) is 13.4. The monoisotopic (exact) mass is 470 g/mol. The van der Waals surface area contributed by atoms with E-state index in [1.54, 1.807) is 11.8 Å². The molecule has 1 aromatic heterocycles. The smallest absolute Gasteiger partial charge is 0.0733 e. The van der Waals surface area contributed by atoms with Gasteiger partial charge in [-0.15, -0.1) is 0 Å². The Morgan fingerprint density at radius 2 is 1.77 bits per heavy atom. The molecule has 2 fully saturated rings. The van der Waals surface area contributed by atoms with Crippen molar-refractivity contribution in [1.82, 2.24) is 15.6 Å². The summed E-state index contributed by atoms with van der Waals surface area (Å²) in [7, 11) is 3.83. The number of hydrogen-bond donors (Lipinski definition) is 2. The number of aryl methyl sites for hydroxylation is 2. The molecule has 35 heavy (non-hydrogen) atoms. The number of anilines is 1. The van der Waals surface area contributed by atoms with Crippen molar-refractivity contribution in [1.29, 1.82) is 0 Å². The zero-order chi connectivity index (χ0) is 24.6. The number of nitrogens with one attached hydrogen (secondary N) is 2. The Kier molecular flexibility index (Phi) is 8.81. The Labute approximate surface area is 211 Å². The average Bonchev–Trinajstić information content (AvgIpc) is 3.61. The molecule has 0 radical (unpaired) electrons. The summed E-state index contributed by atoms with van der Waals surface area (Å²) in [5, 5.41) is 7.28. The van der Waals surface area contributed by atoms with Gasteiger partial charge in [-0.1, -0.05) is 37.8 Å². The minimum Gasteiger partial charge on any atom is -0.394 e. The third-order valence-electron chi connectivity index (χ3n) is 7.24. The van der Waals surface area contributed by atoms with Crippen LogP contribution in [-0.4, -0.2) is 38.7 Å². The second-order valence-corrected chi connectivity index (χ2v) is 9.81. The van der Waals surface area contributed by atoms with Gasteiger partial charge in [0.15, 0.2) is 0 Å². The van der Waals surface area contributed by atoms with Gasteiger partial charge in [-0.05, 0) is 106 Å². The Hall–Kier alpha value is -2.85. The second kappa shape index (κ2) is 12.2. The lowest BCUT2D eigenvalue weighted by Gasteiger charge is -2.22. The van der Waals surface area contributed by atoms with Gasteiger partial charge >= 0.3 is 0 Å². The Morgan fingerprint density at radius 1 is 1.06 bits per heavy atom. The number of fused-ring (bicyclic) bond motifs is 1. The molecule has 1 saturated heterocycles. The predicted molar refractivity (Wildman–Crippen MR) is 151 cm³/mol. The minimum atomic E-state index is 0.779. The SMILES string of the molecule is C=CNC.CCc1cc2nc(-c3ccc(CCCNC)cc3)cc(N3CCCC3)c2cc1C1CC1. The van der Waals surface area contributed by atoms with Gasteiger partial charge < -0.3 is 15.5 Å². The maximum atomic E-state index is 5.18. The number of rotatable bonds is 9. The predicted octanol–water partition coefficient (Wildman–Crippen LogP) is 6.44. The molecule has 0 atom stereocenters. The van der Waals surface area contributed by atoms with Crippen LogP contribution in [0.3, 0.4) is 0 Å². The number of pyridine rings is 1. The fourth-order valence-electron chi connectivity index (χ4n) is 5.07. The van der Waals surface area contributed by atoms with Gasteiger partial charge in [-0.25, -0.2) is 4.98 Å². The summed E-state index contributed by atoms with van der Waals surface area (Å²) < 4.78 is 0. The first-order chi connectivity index (χ1) is 17.2. The van der Waals surface area contributed by atoms with Crippen LogP contribution >= 0.6 is 0 Å². The van der Waals surface area contributed by atoms with Crippen molar-refractivity contribution >= 4 is 16.6 Å². The van der Waals surface area contributed by atoms with E-state index < -0.39 is 0 Å². The Morgan fingerprint density at radius 3 is 2.37 bits per heavy atom. The van der Waals surface area contributed by atoms with Gasteiger partial charge in [0, 0.05) is 36.8 Å². The first kappa shape index (κ1) is 25.2. The lowest BCUT2D eigenvalue weighted by molar-refractivity contribution is 0.725. The van der Waals surface area contributed by atoms with Crippen molar-refractivity contribution < 1.29 is 0 Å². The van der Waals surface area contributed by atoms with Gasteiger partial charge in [0.05, 0.1) is 11.2 Å². The molecule has 5 rings (SSSR count). The standard InChI is InChI=1S/C28H35N3.C3H7N/c1-3-21-17-27-25(18-24(21)22-12-13-22)28(31-15-4-5-16-31)19-26(30-27)23-10-8-20(9-11-23)7-6-14-29-2;1-3-4-2/h8-11,17-19,22,29H,3-7,12-16H2,1-2H3;3-4H,1H2,2H3. The number of benzene rings is 2. The zero-order valence-electron chi connectivity index (χ0n) is 21.9. The first-order valence-corrected chi connectivity index (χ1v) is 13.4. The van der Waals surface area contributed by atoms with Crippen molar-refractivity contribution in [2.75, 3.05) is 38.6 Å². The maximum Gasteiger partial charge on any atom is 0.0733 e. The van der Waals surface area contributed by atoms with Crippen LogP contribution in [-0.2, 0) is 12.8 Å². The molecule has 1 saturated carbocycles.